The average Bonchev–Trinajstić information content (AvgIpc) is 2.90. The summed E-state index contributed by atoms with van der Waals surface area (Å²) in [6.45, 7) is 0.502. The molecule has 0 aliphatic carbocycles. The number of nitrogens with zero attached hydrogens (tertiary/aromatic N) is 4. The first-order valence-corrected chi connectivity index (χ1v) is 11.9. The maximum absolute atomic E-state index is 13.5. The van der Waals surface area contributed by atoms with Crippen molar-refractivity contribution in [3.8, 4) is 22.8 Å². The molecule has 1 heterocycles. The number of halogens is 1. The average molecular weight is 519 g/mol. The number of rotatable bonds is 8. The van der Waals surface area contributed by atoms with Gasteiger partial charge in [0.15, 0.2) is 11.5 Å². The van der Waals surface area contributed by atoms with Gasteiger partial charge in [0.2, 0.25) is 5.95 Å². The molecule has 0 aliphatic heterocycles. The van der Waals surface area contributed by atoms with Crippen molar-refractivity contribution in [3.05, 3.63) is 101 Å². The number of hydrogen-bond acceptors (Lipinski definition) is 7. The zero-order chi connectivity index (χ0) is 26.5. The van der Waals surface area contributed by atoms with Gasteiger partial charge in [-0.3, -0.25) is 4.79 Å². The Morgan fingerprint density at radius 2 is 1.68 bits per heavy atom. The standard InChI is InChI=1S/C28H27ClN4O4/c1-32(17-25(36)19-12-13-23(34)24(35)14-19)27(37)21-15-30-28(33(2)16-18-8-4-3-5-9-18)31-26(21)20-10-6-7-11-22(20)29/h3-15,25,34-36H,16-17H2,1-2H3. The summed E-state index contributed by atoms with van der Waals surface area (Å²) in [5.74, 6) is -0.624. The number of benzene rings is 3. The van der Waals surface area contributed by atoms with Crippen molar-refractivity contribution in [1.82, 2.24) is 14.9 Å². The van der Waals surface area contributed by atoms with E-state index in [1.54, 1.807) is 25.2 Å². The molecule has 4 rings (SSSR count). The molecule has 9 heteroatoms. The third-order valence-corrected chi connectivity index (χ3v) is 6.25. The molecule has 1 amide bonds. The predicted molar refractivity (Wildman–Crippen MR) is 143 cm³/mol. The Kier molecular flexibility index (Phi) is 7.91. The van der Waals surface area contributed by atoms with Crippen molar-refractivity contribution in [1.29, 1.82) is 0 Å². The van der Waals surface area contributed by atoms with E-state index in [1.807, 2.05) is 48.3 Å². The number of phenols is 2. The van der Waals surface area contributed by atoms with E-state index >= 15 is 0 Å². The summed E-state index contributed by atoms with van der Waals surface area (Å²) in [6, 6.07) is 21.0. The van der Waals surface area contributed by atoms with E-state index in [0.717, 1.165) is 5.56 Å². The van der Waals surface area contributed by atoms with E-state index in [1.165, 1.54) is 29.3 Å². The number of aromatic nitrogens is 2. The van der Waals surface area contributed by atoms with Crippen LogP contribution in [0.15, 0.2) is 79.0 Å². The fraction of sp³-hybridized carbons (Fsp3) is 0.179. The van der Waals surface area contributed by atoms with Gasteiger partial charge in [-0.25, -0.2) is 9.97 Å². The summed E-state index contributed by atoms with van der Waals surface area (Å²) < 4.78 is 0. The van der Waals surface area contributed by atoms with Gasteiger partial charge in [-0.05, 0) is 29.3 Å². The normalized spacial score (nSPS) is 11.7. The van der Waals surface area contributed by atoms with Crippen LogP contribution in [-0.4, -0.2) is 56.7 Å². The second-order valence-corrected chi connectivity index (χ2v) is 9.11. The minimum atomic E-state index is -1.10. The first-order chi connectivity index (χ1) is 17.7. The van der Waals surface area contributed by atoms with Crippen molar-refractivity contribution in [2.24, 2.45) is 0 Å². The van der Waals surface area contributed by atoms with Crippen LogP contribution in [0.25, 0.3) is 11.3 Å². The molecule has 3 aromatic carbocycles. The largest absolute Gasteiger partial charge is 0.504 e. The molecule has 0 spiro atoms. The Morgan fingerprint density at radius 1 is 0.973 bits per heavy atom. The minimum Gasteiger partial charge on any atom is -0.504 e. The second kappa shape index (κ2) is 11.3. The molecule has 0 saturated heterocycles. The lowest BCUT2D eigenvalue weighted by atomic mass is 10.0. The molecular weight excluding hydrogens is 492 g/mol. The van der Waals surface area contributed by atoms with Crippen molar-refractivity contribution in [2.75, 3.05) is 25.5 Å². The number of anilines is 1. The predicted octanol–water partition coefficient (Wildman–Crippen LogP) is 4.65. The number of carbonyl (C=O) groups excluding carboxylic acids is 1. The lowest BCUT2D eigenvalue weighted by molar-refractivity contribution is 0.0680. The van der Waals surface area contributed by atoms with Crippen LogP contribution in [0.4, 0.5) is 5.95 Å². The first-order valence-electron chi connectivity index (χ1n) is 11.6. The maximum atomic E-state index is 13.5. The van der Waals surface area contributed by atoms with Crippen molar-refractivity contribution in [2.45, 2.75) is 12.6 Å². The van der Waals surface area contributed by atoms with Crippen LogP contribution in [0.2, 0.25) is 5.02 Å². The molecule has 8 nitrogen and oxygen atoms in total. The van der Waals surface area contributed by atoms with Crippen LogP contribution in [0.3, 0.4) is 0 Å². The van der Waals surface area contributed by atoms with Gasteiger partial charge in [0.1, 0.15) is 0 Å². The SMILES string of the molecule is CN(CC(O)c1ccc(O)c(O)c1)C(=O)c1cnc(N(C)Cc2ccccc2)nc1-c1ccccc1Cl. The molecule has 37 heavy (non-hydrogen) atoms. The summed E-state index contributed by atoms with van der Waals surface area (Å²) in [6.07, 6.45) is 0.376. The molecule has 0 fully saturated rings. The number of aromatic hydroxyl groups is 2. The van der Waals surface area contributed by atoms with E-state index < -0.39 is 12.0 Å². The lowest BCUT2D eigenvalue weighted by Crippen LogP contribution is -2.32. The molecule has 190 valence electrons. The van der Waals surface area contributed by atoms with E-state index in [4.69, 9.17) is 16.6 Å². The van der Waals surface area contributed by atoms with Gasteiger partial charge >= 0.3 is 0 Å². The highest BCUT2D eigenvalue weighted by molar-refractivity contribution is 6.33. The van der Waals surface area contributed by atoms with E-state index in [2.05, 4.69) is 4.98 Å². The highest BCUT2D eigenvalue weighted by Crippen LogP contribution is 2.31. The molecule has 0 aliphatic rings. The van der Waals surface area contributed by atoms with Crippen molar-refractivity contribution < 1.29 is 20.1 Å². The molecule has 1 unspecified atom stereocenters. The van der Waals surface area contributed by atoms with Gasteiger partial charge in [-0.1, -0.05) is 66.2 Å². The molecule has 0 bridgehead atoms. The Balaban J connectivity index is 1.64. The number of aliphatic hydroxyl groups is 1. The van der Waals surface area contributed by atoms with Gasteiger partial charge in [-0.2, -0.15) is 0 Å². The van der Waals surface area contributed by atoms with E-state index in [9.17, 15) is 20.1 Å². The molecule has 1 atom stereocenters. The maximum Gasteiger partial charge on any atom is 0.257 e. The van der Waals surface area contributed by atoms with E-state index in [-0.39, 0.29) is 23.6 Å². The van der Waals surface area contributed by atoms with Gasteiger partial charge < -0.3 is 25.1 Å². The molecule has 3 N–H and O–H groups in total. The molecular formula is C28H27ClN4O4. The Morgan fingerprint density at radius 3 is 2.38 bits per heavy atom. The molecule has 4 aromatic rings. The fourth-order valence-electron chi connectivity index (χ4n) is 3.90. The number of phenolic OH excluding ortho intramolecular Hbond substituents is 2. The Labute approximate surface area is 220 Å². The molecule has 0 saturated carbocycles. The summed E-state index contributed by atoms with van der Waals surface area (Å²) >= 11 is 6.49. The van der Waals surface area contributed by atoms with Crippen LogP contribution >= 0.6 is 11.6 Å². The Hall–Kier alpha value is -4.14. The summed E-state index contributed by atoms with van der Waals surface area (Å²) in [7, 11) is 3.42. The zero-order valence-electron chi connectivity index (χ0n) is 20.4. The number of carbonyl (C=O) groups is 1. The van der Waals surface area contributed by atoms with Gasteiger partial charge in [-0.15, -0.1) is 0 Å². The Bertz CT molecular complexity index is 1400. The second-order valence-electron chi connectivity index (χ2n) is 8.70. The third kappa shape index (κ3) is 5.99. The zero-order valence-corrected chi connectivity index (χ0v) is 21.2. The van der Waals surface area contributed by atoms with Crippen molar-refractivity contribution in [3.63, 3.8) is 0 Å². The van der Waals surface area contributed by atoms with E-state index in [0.29, 0.717) is 34.3 Å². The van der Waals surface area contributed by atoms with Gasteiger partial charge in [0.05, 0.1) is 23.9 Å². The van der Waals surface area contributed by atoms with Crippen LogP contribution in [0.5, 0.6) is 11.5 Å². The van der Waals surface area contributed by atoms with Gasteiger partial charge in [0.25, 0.3) is 5.91 Å². The lowest BCUT2D eigenvalue weighted by Gasteiger charge is -2.23. The van der Waals surface area contributed by atoms with Crippen LogP contribution < -0.4 is 4.90 Å². The summed E-state index contributed by atoms with van der Waals surface area (Å²) in [4.78, 5) is 25.9. The number of amides is 1. The van der Waals surface area contributed by atoms with Gasteiger partial charge in [0, 0.05) is 37.4 Å². The fourth-order valence-corrected chi connectivity index (χ4v) is 4.13. The highest BCUT2D eigenvalue weighted by atomic mass is 35.5. The van der Waals surface area contributed by atoms with Crippen molar-refractivity contribution >= 4 is 23.5 Å². The van der Waals surface area contributed by atoms with Crippen LogP contribution in [-0.2, 0) is 6.54 Å². The van der Waals surface area contributed by atoms with Crippen LogP contribution in [0, 0.1) is 0 Å². The topological polar surface area (TPSA) is 110 Å². The third-order valence-electron chi connectivity index (χ3n) is 5.92. The smallest absolute Gasteiger partial charge is 0.257 e. The summed E-state index contributed by atoms with van der Waals surface area (Å²) in [5.41, 5.74) is 2.64. The molecule has 0 radical (unpaired) electrons. The number of hydrogen-bond donors (Lipinski definition) is 3. The van der Waals surface area contributed by atoms with Crippen LogP contribution in [0.1, 0.15) is 27.6 Å². The monoisotopic (exact) mass is 518 g/mol. The molecule has 1 aromatic heterocycles. The number of aliphatic hydroxyl groups excluding tert-OH is 1. The highest BCUT2D eigenvalue weighted by Gasteiger charge is 2.24. The quantitative estimate of drug-likeness (QED) is 0.291. The summed E-state index contributed by atoms with van der Waals surface area (Å²) in [5, 5.41) is 30.4. The minimum absolute atomic E-state index is 0.0688. The first kappa shape index (κ1) is 25.9. The number of likely N-dealkylation sites (N-methyl/N-ethyl adjacent to an activating group) is 1.